The molecule has 0 spiro atoms. The molecule has 3 aromatic carbocycles. The van der Waals surface area contributed by atoms with E-state index in [2.05, 4.69) is 10.6 Å². The van der Waals surface area contributed by atoms with E-state index in [0.29, 0.717) is 17.1 Å². The van der Waals surface area contributed by atoms with Gasteiger partial charge in [-0.25, -0.2) is 0 Å². The Kier molecular flexibility index (Phi) is 6.43. The highest BCUT2D eigenvalue weighted by Gasteiger charge is 2.13. The molecule has 3 rings (SSSR count). The Labute approximate surface area is 170 Å². The lowest BCUT2D eigenvalue weighted by molar-refractivity contribution is -0.117. The number of hydrogen-bond acceptors (Lipinski definition) is 3. The predicted molar refractivity (Wildman–Crippen MR) is 114 cm³/mol. The number of benzene rings is 3. The highest BCUT2D eigenvalue weighted by molar-refractivity contribution is 6.05. The van der Waals surface area contributed by atoms with Crippen LogP contribution in [-0.2, 0) is 4.79 Å². The average molecular weight is 386 g/mol. The van der Waals surface area contributed by atoms with E-state index in [1.165, 1.54) is 7.05 Å². The van der Waals surface area contributed by atoms with Crippen LogP contribution >= 0.6 is 0 Å². The number of likely N-dealkylation sites (N-methyl/N-ethyl adjacent to an activating group) is 1. The van der Waals surface area contributed by atoms with Crippen LogP contribution in [-0.4, -0.2) is 18.9 Å². The number of rotatable bonds is 6. The molecule has 2 N–H and O–H groups in total. The van der Waals surface area contributed by atoms with E-state index in [1.807, 2.05) is 67.6 Å². The highest BCUT2D eigenvalue weighted by Crippen LogP contribution is 2.22. The number of para-hydroxylation sites is 1. The minimum Gasteiger partial charge on any atom is -0.457 e. The molecule has 0 aliphatic carbocycles. The average Bonchev–Trinajstić information content (AvgIpc) is 2.74. The van der Waals surface area contributed by atoms with Gasteiger partial charge in [-0.2, -0.15) is 0 Å². The van der Waals surface area contributed by atoms with Gasteiger partial charge in [0.1, 0.15) is 17.2 Å². The standard InChI is InChI=1S/C24H22N2O3/c1-17-11-13-19(14-12-17)23(27)26-22(24(28)25-2)16-18-7-6-10-21(15-18)29-20-8-4-3-5-9-20/h3-16H,1-2H3,(H,25,28)(H,26,27)/b22-16-. The molecule has 5 heteroatoms. The second-order valence-corrected chi connectivity index (χ2v) is 6.44. The van der Waals surface area contributed by atoms with E-state index in [-0.39, 0.29) is 17.5 Å². The quantitative estimate of drug-likeness (QED) is 0.621. The lowest BCUT2D eigenvalue weighted by Gasteiger charge is -2.10. The minimum absolute atomic E-state index is 0.148. The molecule has 3 aromatic rings. The smallest absolute Gasteiger partial charge is 0.267 e. The van der Waals surface area contributed by atoms with Gasteiger partial charge in [-0.15, -0.1) is 0 Å². The fourth-order valence-electron chi connectivity index (χ4n) is 2.65. The second-order valence-electron chi connectivity index (χ2n) is 6.44. The van der Waals surface area contributed by atoms with Crippen molar-refractivity contribution in [1.82, 2.24) is 10.6 Å². The van der Waals surface area contributed by atoms with Crippen LogP contribution in [0.1, 0.15) is 21.5 Å². The Morgan fingerprint density at radius 2 is 1.55 bits per heavy atom. The molecule has 0 atom stereocenters. The van der Waals surface area contributed by atoms with E-state index in [9.17, 15) is 9.59 Å². The van der Waals surface area contributed by atoms with Crippen molar-refractivity contribution in [2.45, 2.75) is 6.92 Å². The molecule has 2 amide bonds. The first-order valence-electron chi connectivity index (χ1n) is 9.20. The summed E-state index contributed by atoms with van der Waals surface area (Å²) in [7, 11) is 1.52. The number of hydrogen-bond donors (Lipinski definition) is 2. The highest BCUT2D eigenvalue weighted by atomic mass is 16.5. The van der Waals surface area contributed by atoms with Gasteiger partial charge in [0, 0.05) is 12.6 Å². The molecule has 0 aromatic heterocycles. The van der Waals surface area contributed by atoms with Crippen molar-refractivity contribution < 1.29 is 14.3 Å². The van der Waals surface area contributed by atoms with E-state index in [1.54, 1.807) is 24.3 Å². The summed E-state index contributed by atoms with van der Waals surface area (Å²) in [5, 5.41) is 5.24. The topological polar surface area (TPSA) is 67.4 Å². The Bertz CT molecular complexity index is 1030. The summed E-state index contributed by atoms with van der Waals surface area (Å²) in [6.07, 6.45) is 1.61. The maximum Gasteiger partial charge on any atom is 0.267 e. The van der Waals surface area contributed by atoms with E-state index < -0.39 is 0 Å². The summed E-state index contributed by atoms with van der Waals surface area (Å²) in [5.41, 5.74) is 2.40. The summed E-state index contributed by atoms with van der Waals surface area (Å²) < 4.78 is 5.83. The molecule has 0 radical (unpaired) electrons. The van der Waals surface area contributed by atoms with Crippen molar-refractivity contribution in [3.8, 4) is 11.5 Å². The summed E-state index contributed by atoms with van der Waals surface area (Å²) in [6.45, 7) is 1.95. The van der Waals surface area contributed by atoms with Crippen molar-refractivity contribution in [2.24, 2.45) is 0 Å². The van der Waals surface area contributed by atoms with Gasteiger partial charge in [-0.05, 0) is 55.0 Å². The van der Waals surface area contributed by atoms with Gasteiger partial charge in [0.2, 0.25) is 0 Å². The molecule has 0 aliphatic rings. The molecule has 5 nitrogen and oxygen atoms in total. The first-order valence-corrected chi connectivity index (χ1v) is 9.20. The zero-order valence-electron chi connectivity index (χ0n) is 16.3. The zero-order chi connectivity index (χ0) is 20.6. The van der Waals surface area contributed by atoms with Crippen LogP contribution < -0.4 is 15.4 Å². The van der Waals surface area contributed by atoms with Crippen LogP contribution in [0, 0.1) is 6.92 Å². The summed E-state index contributed by atoms with van der Waals surface area (Å²) >= 11 is 0. The molecule has 146 valence electrons. The van der Waals surface area contributed by atoms with Crippen LogP contribution in [0.2, 0.25) is 0 Å². The van der Waals surface area contributed by atoms with Gasteiger partial charge in [0.25, 0.3) is 11.8 Å². The molecule has 0 fully saturated rings. The second kappa shape index (κ2) is 9.37. The third-order valence-corrected chi connectivity index (χ3v) is 4.18. The SMILES string of the molecule is CNC(=O)/C(=C/c1cccc(Oc2ccccc2)c1)NC(=O)c1ccc(C)cc1. The van der Waals surface area contributed by atoms with Gasteiger partial charge in [0.05, 0.1) is 0 Å². The third kappa shape index (κ3) is 5.56. The molecule has 0 bridgehead atoms. The van der Waals surface area contributed by atoms with Crippen LogP contribution in [0.15, 0.2) is 84.6 Å². The summed E-state index contributed by atoms with van der Waals surface area (Å²) in [6, 6.07) is 23.9. The number of amides is 2. The van der Waals surface area contributed by atoms with E-state index in [4.69, 9.17) is 4.74 Å². The molecule has 0 unspecified atom stereocenters. The normalized spacial score (nSPS) is 10.9. The van der Waals surface area contributed by atoms with Gasteiger partial charge >= 0.3 is 0 Å². The lowest BCUT2D eigenvalue weighted by Crippen LogP contribution is -2.33. The van der Waals surface area contributed by atoms with Crippen molar-refractivity contribution in [2.75, 3.05) is 7.05 Å². The minimum atomic E-state index is -0.389. The molecular formula is C24H22N2O3. The number of carbonyl (C=O) groups is 2. The number of carbonyl (C=O) groups excluding carboxylic acids is 2. The van der Waals surface area contributed by atoms with Crippen molar-refractivity contribution in [1.29, 1.82) is 0 Å². The van der Waals surface area contributed by atoms with Gasteiger partial charge in [-0.1, -0.05) is 48.0 Å². The Morgan fingerprint density at radius 3 is 2.24 bits per heavy atom. The van der Waals surface area contributed by atoms with Crippen LogP contribution in [0.5, 0.6) is 11.5 Å². The lowest BCUT2D eigenvalue weighted by atomic mass is 10.1. The Morgan fingerprint density at radius 1 is 0.862 bits per heavy atom. The van der Waals surface area contributed by atoms with Gasteiger partial charge in [-0.3, -0.25) is 9.59 Å². The number of nitrogens with one attached hydrogen (secondary N) is 2. The summed E-state index contributed by atoms with van der Waals surface area (Å²) in [4.78, 5) is 24.8. The Hall–Kier alpha value is -3.86. The summed E-state index contributed by atoms with van der Waals surface area (Å²) in [5.74, 6) is 0.607. The van der Waals surface area contributed by atoms with Crippen LogP contribution in [0.4, 0.5) is 0 Å². The number of ether oxygens (including phenoxy) is 1. The van der Waals surface area contributed by atoms with Crippen molar-refractivity contribution in [3.63, 3.8) is 0 Å². The molecule has 0 heterocycles. The molecule has 0 aliphatic heterocycles. The van der Waals surface area contributed by atoms with Crippen LogP contribution in [0.25, 0.3) is 6.08 Å². The maximum absolute atomic E-state index is 12.5. The molecular weight excluding hydrogens is 364 g/mol. The number of aryl methyl sites for hydroxylation is 1. The molecule has 29 heavy (non-hydrogen) atoms. The Balaban J connectivity index is 1.83. The van der Waals surface area contributed by atoms with Crippen molar-refractivity contribution in [3.05, 3.63) is 101 Å². The third-order valence-electron chi connectivity index (χ3n) is 4.18. The molecule has 0 saturated carbocycles. The first kappa shape index (κ1) is 19.9. The van der Waals surface area contributed by atoms with Crippen LogP contribution in [0.3, 0.4) is 0 Å². The van der Waals surface area contributed by atoms with Gasteiger partial charge < -0.3 is 15.4 Å². The zero-order valence-corrected chi connectivity index (χ0v) is 16.3. The van der Waals surface area contributed by atoms with E-state index in [0.717, 1.165) is 11.1 Å². The predicted octanol–water partition coefficient (Wildman–Crippen LogP) is 4.30. The first-order chi connectivity index (χ1) is 14.0. The molecule has 0 saturated heterocycles. The van der Waals surface area contributed by atoms with E-state index >= 15 is 0 Å². The maximum atomic E-state index is 12.5. The fraction of sp³-hybridized carbons (Fsp3) is 0.0833. The largest absolute Gasteiger partial charge is 0.457 e. The van der Waals surface area contributed by atoms with Crippen molar-refractivity contribution >= 4 is 17.9 Å². The monoisotopic (exact) mass is 386 g/mol. The fourth-order valence-corrected chi connectivity index (χ4v) is 2.65. The van der Waals surface area contributed by atoms with Gasteiger partial charge in [0.15, 0.2) is 0 Å².